The first kappa shape index (κ1) is 12.6. The number of nitrogens with zero attached hydrogens (tertiary/aromatic N) is 3. The van der Waals surface area contributed by atoms with Gasteiger partial charge in [-0.15, -0.1) is 0 Å². The highest BCUT2D eigenvalue weighted by Gasteiger charge is 2.12. The van der Waals surface area contributed by atoms with Crippen LogP contribution in [0.5, 0.6) is 5.75 Å². The van der Waals surface area contributed by atoms with Gasteiger partial charge in [0.25, 0.3) is 0 Å². The van der Waals surface area contributed by atoms with Crippen LogP contribution in [0, 0.1) is 12.8 Å². The zero-order valence-electron chi connectivity index (χ0n) is 11.3. The molecule has 0 spiro atoms. The van der Waals surface area contributed by atoms with Crippen LogP contribution >= 0.6 is 0 Å². The first-order chi connectivity index (χ1) is 8.58. The van der Waals surface area contributed by atoms with Crippen LogP contribution < -0.4 is 4.74 Å². The molecule has 0 radical (unpaired) electrons. The Kier molecular flexibility index (Phi) is 3.65. The van der Waals surface area contributed by atoms with Gasteiger partial charge in [-0.1, -0.05) is 26.0 Å². The van der Waals surface area contributed by atoms with Crippen LogP contribution in [0.15, 0.2) is 24.3 Å². The average molecular weight is 245 g/mol. The highest BCUT2D eigenvalue weighted by molar-refractivity contribution is 5.64. The predicted octanol–water partition coefficient (Wildman–Crippen LogP) is 2.83. The molecule has 0 saturated carbocycles. The molecule has 0 aliphatic heterocycles. The molecule has 2 rings (SSSR count). The minimum absolute atomic E-state index is 0.499. The van der Waals surface area contributed by atoms with Crippen LogP contribution in [-0.2, 0) is 7.05 Å². The van der Waals surface area contributed by atoms with Crippen molar-refractivity contribution in [3.05, 3.63) is 30.1 Å². The zero-order valence-corrected chi connectivity index (χ0v) is 11.3. The molecule has 1 heterocycles. The van der Waals surface area contributed by atoms with Crippen molar-refractivity contribution >= 4 is 0 Å². The third kappa shape index (κ3) is 2.70. The fraction of sp³-hybridized carbons (Fsp3) is 0.429. The van der Waals surface area contributed by atoms with E-state index in [9.17, 15) is 0 Å². The summed E-state index contributed by atoms with van der Waals surface area (Å²) in [6, 6.07) is 7.95. The van der Waals surface area contributed by atoms with Crippen LogP contribution in [0.3, 0.4) is 0 Å². The lowest BCUT2D eigenvalue weighted by molar-refractivity contribution is 0.272. The van der Waals surface area contributed by atoms with E-state index in [0.717, 1.165) is 23.0 Å². The van der Waals surface area contributed by atoms with Gasteiger partial charge in [0, 0.05) is 7.05 Å². The Hall–Kier alpha value is -1.84. The highest BCUT2D eigenvalue weighted by Crippen LogP contribution is 2.28. The van der Waals surface area contributed by atoms with Crippen LogP contribution in [0.1, 0.15) is 19.7 Å². The van der Waals surface area contributed by atoms with Gasteiger partial charge >= 0.3 is 0 Å². The van der Waals surface area contributed by atoms with Gasteiger partial charge in [0.15, 0.2) is 5.82 Å². The lowest BCUT2D eigenvalue weighted by Gasteiger charge is -2.12. The molecule has 0 aliphatic rings. The van der Waals surface area contributed by atoms with Gasteiger partial charge in [-0.2, -0.15) is 5.10 Å². The molecule has 18 heavy (non-hydrogen) atoms. The summed E-state index contributed by atoms with van der Waals surface area (Å²) in [6.45, 7) is 6.86. The van der Waals surface area contributed by atoms with Gasteiger partial charge in [0.1, 0.15) is 11.6 Å². The topological polar surface area (TPSA) is 39.9 Å². The van der Waals surface area contributed by atoms with Crippen molar-refractivity contribution in [1.82, 2.24) is 14.8 Å². The molecule has 4 nitrogen and oxygen atoms in total. The van der Waals surface area contributed by atoms with Crippen molar-refractivity contribution < 1.29 is 4.74 Å². The fourth-order valence-corrected chi connectivity index (χ4v) is 1.78. The number of rotatable bonds is 4. The Balaban J connectivity index is 2.35. The Morgan fingerprint density at radius 3 is 2.61 bits per heavy atom. The second-order valence-electron chi connectivity index (χ2n) is 4.81. The van der Waals surface area contributed by atoms with Gasteiger partial charge in [-0.3, -0.25) is 0 Å². The van der Waals surface area contributed by atoms with E-state index < -0.39 is 0 Å². The maximum atomic E-state index is 5.84. The van der Waals surface area contributed by atoms with Crippen LogP contribution in [-0.4, -0.2) is 21.4 Å². The van der Waals surface area contributed by atoms with Gasteiger partial charge in [0.05, 0.1) is 12.2 Å². The maximum absolute atomic E-state index is 5.84. The number of aryl methyl sites for hydroxylation is 2. The highest BCUT2D eigenvalue weighted by atomic mass is 16.5. The number of para-hydroxylation sites is 1. The SMILES string of the molecule is Cc1nc(-c2ccccc2OCC(C)C)n(C)n1. The van der Waals surface area contributed by atoms with Crippen molar-refractivity contribution in [3.8, 4) is 17.1 Å². The lowest BCUT2D eigenvalue weighted by Crippen LogP contribution is -2.06. The van der Waals surface area contributed by atoms with E-state index >= 15 is 0 Å². The summed E-state index contributed by atoms with van der Waals surface area (Å²) >= 11 is 0. The third-order valence-corrected chi connectivity index (χ3v) is 2.57. The number of ether oxygens (including phenoxy) is 1. The van der Waals surface area contributed by atoms with Crippen LogP contribution in [0.2, 0.25) is 0 Å². The van der Waals surface area contributed by atoms with Crippen molar-refractivity contribution in [2.75, 3.05) is 6.61 Å². The predicted molar refractivity (Wildman–Crippen MR) is 71.5 cm³/mol. The summed E-state index contributed by atoms with van der Waals surface area (Å²) in [5.74, 6) is 2.97. The molecule has 2 aromatic rings. The largest absolute Gasteiger partial charge is 0.493 e. The second kappa shape index (κ2) is 5.21. The van der Waals surface area contributed by atoms with Crippen molar-refractivity contribution in [1.29, 1.82) is 0 Å². The quantitative estimate of drug-likeness (QED) is 0.831. The molecule has 1 aromatic carbocycles. The molecule has 1 aromatic heterocycles. The molecule has 4 heteroatoms. The van der Waals surface area contributed by atoms with E-state index in [2.05, 4.69) is 23.9 Å². The summed E-state index contributed by atoms with van der Waals surface area (Å²) in [5.41, 5.74) is 0.987. The first-order valence-electron chi connectivity index (χ1n) is 6.17. The van der Waals surface area contributed by atoms with E-state index in [-0.39, 0.29) is 0 Å². The van der Waals surface area contributed by atoms with E-state index in [1.807, 2.05) is 38.2 Å². The molecule has 0 bridgehead atoms. The summed E-state index contributed by atoms with van der Waals surface area (Å²) in [5, 5.41) is 4.27. The van der Waals surface area contributed by atoms with Gasteiger partial charge in [-0.05, 0) is 25.0 Å². The van der Waals surface area contributed by atoms with Crippen molar-refractivity contribution in [2.24, 2.45) is 13.0 Å². The number of aromatic nitrogens is 3. The Morgan fingerprint density at radius 2 is 2.00 bits per heavy atom. The van der Waals surface area contributed by atoms with Crippen LogP contribution in [0.25, 0.3) is 11.4 Å². The van der Waals surface area contributed by atoms with Crippen molar-refractivity contribution in [2.45, 2.75) is 20.8 Å². The smallest absolute Gasteiger partial charge is 0.161 e. The number of benzene rings is 1. The van der Waals surface area contributed by atoms with Gasteiger partial charge < -0.3 is 4.74 Å². The average Bonchev–Trinajstić information content (AvgIpc) is 2.66. The summed E-state index contributed by atoms with van der Waals surface area (Å²) in [4.78, 5) is 4.44. The fourth-order valence-electron chi connectivity index (χ4n) is 1.78. The molecule has 0 fully saturated rings. The molecule has 0 amide bonds. The molecule has 0 saturated heterocycles. The monoisotopic (exact) mass is 245 g/mol. The molecule has 0 aliphatic carbocycles. The van der Waals surface area contributed by atoms with E-state index in [1.54, 1.807) is 4.68 Å². The molecular formula is C14H19N3O. The summed E-state index contributed by atoms with van der Waals surface area (Å²) < 4.78 is 7.62. The van der Waals surface area contributed by atoms with Crippen molar-refractivity contribution in [3.63, 3.8) is 0 Å². The summed E-state index contributed by atoms with van der Waals surface area (Å²) in [6.07, 6.45) is 0. The molecule has 0 unspecified atom stereocenters. The second-order valence-corrected chi connectivity index (χ2v) is 4.81. The van der Waals surface area contributed by atoms with Gasteiger partial charge in [-0.25, -0.2) is 9.67 Å². The maximum Gasteiger partial charge on any atom is 0.161 e. The minimum Gasteiger partial charge on any atom is -0.493 e. The first-order valence-corrected chi connectivity index (χ1v) is 6.17. The van der Waals surface area contributed by atoms with Crippen LogP contribution in [0.4, 0.5) is 0 Å². The Bertz CT molecular complexity index is 532. The molecule has 0 N–H and O–H groups in total. The van der Waals surface area contributed by atoms with E-state index in [1.165, 1.54) is 0 Å². The Morgan fingerprint density at radius 1 is 1.28 bits per heavy atom. The molecular weight excluding hydrogens is 226 g/mol. The molecule has 0 atom stereocenters. The van der Waals surface area contributed by atoms with E-state index in [0.29, 0.717) is 12.5 Å². The number of hydrogen-bond donors (Lipinski definition) is 0. The van der Waals surface area contributed by atoms with E-state index in [4.69, 9.17) is 4.74 Å². The minimum atomic E-state index is 0.499. The zero-order chi connectivity index (χ0) is 13.1. The normalized spacial score (nSPS) is 10.9. The van der Waals surface area contributed by atoms with Gasteiger partial charge in [0.2, 0.25) is 0 Å². The summed E-state index contributed by atoms with van der Waals surface area (Å²) in [7, 11) is 1.90. The standard InChI is InChI=1S/C14H19N3O/c1-10(2)9-18-13-8-6-5-7-12(13)14-15-11(3)16-17(14)4/h5-8,10H,9H2,1-4H3. The third-order valence-electron chi connectivity index (χ3n) is 2.57. The lowest BCUT2D eigenvalue weighted by atomic mass is 10.2. The molecule has 96 valence electrons. The number of hydrogen-bond acceptors (Lipinski definition) is 3. The Labute approximate surface area is 108 Å².